The molecule has 1 N–H and O–H groups in total. The number of hydrogen-bond acceptors (Lipinski definition) is 2. The van der Waals surface area contributed by atoms with Gasteiger partial charge in [0.2, 0.25) is 0 Å². The van der Waals surface area contributed by atoms with E-state index in [0.29, 0.717) is 6.42 Å². The summed E-state index contributed by atoms with van der Waals surface area (Å²) in [6, 6.07) is 0.269. The SMILES string of the molecule is CCCNC1CC(OCC(F)(F)F)C1(C)C. The van der Waals surface area contributed by atoms with E-state index in [0.717, 1.165) is 13.0 Å². The maximum Gasteiger partial charge on any atom is 0.411 e. The van der Waals surface area contributed by atoms with E-state index in [2.05, 4.69) is 12.2 Å². The lowest BCUT2D eigenvalue weighted by Gasteiger charge is -2.52. The second-order valence-corrected chi connectivity index (χ2v) is 4.98. The Bertz CT molecular complexity index is 228. The third kappa shape index (κ3) is 3.35. The van der Waals surface area contributed by atoms with Crippen molar-refractivity contribution in [1.82, 2.24) is 5.32 Å². The third-order valence-corrected chi connectivity index (χ3v) is 3.27. The van der Waals surface area contributed by atoms with Crippen LogP contribution in [0, 0.1) is 5.41 Å². The zero-order valence-corrected chi connectivity index (χ0v) is 10.0. The van der Waals surface area contributed by atoms with Crippen LogP contribution in [0.3, 0.4) is 0 Å². The van der Waals surface area contributed by atoms with Gasteiger partial charge in [-0.05, 0) is 19.4 Å². The molecule has 0 heterocycles. The molecule has 0 spiro atoms. The smallest absolute Gasteiger partial charge is 0.368 e. The first-order chi connectivity index (χ1) is 7.27. The maximum atomic E-state index is 12.0. The van der Waals surface area contributed by atoms with Crippen molar-refractivity contribution in [2.24, 2.45) is 5.41 Å². The van der Waals surface area contributed by atoms with E-state index < -0.39 is 12.8 Å². The Labute approximate surface area is 94.5 Å². The largest absolute Gasteiger partial charge is 0.411 e. The molecule has 2 nitrogen and oxygen atoms in total. The van der Waals surface area contributed by atoms with Crippen molar-refractivity contribution in [3.8, 4) is 0 Å². The fraction of sp³-hybridized carbons (Fsp3) is 1.00. The minimum atomic E-state index is -4.22. The van der Waals surface area contributed by atoms with Crippen LogP contribution in [-0.4, -0.2) is 31.5 Å². The van der Waals surface area contributed by atoms with E-state index in [1.807, 2.05) is 13.8 Å². The highest BCUT2D eigenvalue weighted by atomic mass is 19.4. The molecule has 1 rings (SSSR count). The predicted molar refractivity (Wildman–Crippen MR) is 56.3 cm³/mol. The first-order valence-corrected chi connectivity index (χ1v) is 5.69. The van der Waals surface area contributed by atoms with Gasteiger partial charge < -0.3 is 10.1 Å². The zero-order chi connectivity index (χ0) is 12.4. The van der Waals surface area contributed by atoms with Gasteiger partial charge in [-0.15, -0.1) is 0 Å². The van der Waals surface area contributed by atoms with Gasteiger partial charge >= 0.3 is 6.18 Å². The van der Waals surface area contributed by atoms with Gasteiger partial charge in [0, 0.05) is 11.5 Å². The summed E-state index contributed by atoms with van der Waals surface area (Å²) in [5.74, 6) is 0. The molecule has 1 aliphatic carbocycles. The number of halogens is 3. The van der Waals surface area contributed by atoms with Gasteiger partial charge in [0.05, 0.1) is 6.10 Å². The Morgan fingerprint density at radius 2 is 2.00 bits per heavy atom. The second kappa shape index (κ2) is 4.92. The zero-order valence-electron chi connectivity index (χ0n) is 10.0. The molecule has 16 heavy (non-hydrogen) atoms. The summed E-state index contributed by atoms with van der Waals surface area (Å²) in [7, 11) is 0. The monoisotopic (exact) mass is 239 g/mol. The number of nitrogens with one attached hydrogen (secondary N) is 1. The number of ether oxygens (including phenoxy) is 1. The number of hydrogen-bond donors (Lipinski definition) is 1. The molecule has 1 aliphatic rings. The highest BCUT2D eigenvalue weighted by molar-refractivity contribution is 5.02. The van der Waals surface area contributed by atoms with E-state index in [4.69, 9.17) is 4.74 Å². The third-order valence-electron chi connectivity index (χ3n) is 3.27. The molecule has 96 valence electrons. The topological polar surface area (TPSA) is 21.3 Å². The predicted octanol–water partition coefficient (Wildman–Crippen LogP) is 2.73. The molecule has 0 aliphatic heterocycles. The summed E-state index contributed by atoms with van der Waals surface area (Å²) in [6.45, 7) is 5.73. The quantitative estimate of drug-likeness (QED) is 0.796. The highest BCUT2D eigenvalue weighted by Crippen LogP contribution is 2.43. The average molecular weight is 239 g/mol. The van der Waals surface area contributed by atoms with E-state index in [-0.39, 0.29) is 17.6 Å². The van der Waals surface area contributed by atoms with Crippen LogP contribution in [0.25, 0.3) is 0 Å². The van der Waals surface area contributed by atoms with Crippen LogP contribution in [0.2, 0.25) is 0 Å². The van der Waals surface area contributed by atoms with Crippen LogP contribution >= 0.6 is 0 Å². The lowest BCUT2D eigenvalue weighted by atomic mass is 9.64. The number of alkyl halides is 3. The summed E-state index contributed by atoms with van der Waals surface area (Å²) in [4.78, 5) is 0. The Hall–Kier alpha value is -0.290. The van der Waals surface area contributed by atoms with Gasteiger partial charge in [0.1, 0.15) is 6.61 Å². The molecule has 5 heteroatoms. The van der Waals surface area contributed by atoms with Crippen molar-refractivity contribution in [3.63, 3.8) is 0 Å². The normalized spacial score (nSPS) is 28.9. The Morgan fingerprint density at radius 3 is 2.44 bits per heavy atom. The van der Waals surface area contributed by atoms with Crippen molar-refractivity contribution in [2.75, 3.05) is 13.2 Å². The summed E-state index contributed by atoms with van der Waals surface area (Å²) in [6.07, 6.45) is -2.81. The molecule has 0 saturated heterocycles. The van der Waals surface area contributed by atoms with Crippen LogP contribution < -0.4 is 5.32 Å². The molecular formula is C11H20F3NO. The molecule has 1 fully saturated rings. The fourth-order valence-corrected chi connectivity index (χ4v) is 2.03. The highest BCUT2D eigenvalue weighted by Gasteiger charge is 2.49. The van der Waals surface area contributed by atoms with Crippen LogP contribution in [0.1, 0.15) is 33.6 Å². The van der Waals surface area contributed by atoms with Gasteiger partial charge in [-0.2, -0.15) is 13.2 Å². The molecule has 0 radical (unpaired) electrons. The molecule has 2 unspecified atom stereocenters. The lowest BCUT2D eigenvalue weighted by molar-refractivity contribution is -0.217. The molecule has 1 saturated carbocycles. The van der Waals surface area contributed by atoms with Crippen LogP contribution in [0.5, 0.6) is 0 Å². The van der Waals surface area contributed by atoms with Gasteiger partial charge in [0.15, 0.2) is 0 Å². The van der Waals surface area contributed by atoms with E-state index >= 15 is 0 Å². The Kier molecular flexibility index (Phi) is 4.23. The first-order valence-electron chi connectivity index (χ1n) is 5.69. The standard InChI is InChI=1S/C11H20F3NO/c1-4-5-15-8-6-9(10(8,2)3)16-7-11(12,13)14/h8-9,15H,4-7H2,1-3H3. The molecule has 0 aromatic rings. The minimum Gasteiger partial charge on any atom is -0.368 e. The van der Waals surface area contributed by atoms with E-state index in [1.54, 1.807) is 0 Å². The molecule has 0 bridgehead atoms. The van der Waals surface area contributed by atoms with Crippen molar-refractivity contribution in [2.45, 2.75) is 51.9 Å². The molecule has 0 aromatic carbocycles. The lowest BCUT2D eigenvalue weighted by Crippen LogP contribution is -2.61. The van der Waals surface area contributed by atoms with Crippen molar-refractivity contribution in [3.05, 3.63) is 0 Å². The fourth-order valence-electron chi connectivity index (χ4n) is 2.03. The van der Waals surface area contributed by atoms with Gasteiger partial charge in [0.25, 0.3) is 0 Å². The van der Waals surface area contributed by atoms with Crippen molar-refractivity contribution >= 4 is 0 Å². The minimum absolute atomic E-state index is 0.208. The van der Waals surface area contributed by atoms with Crippen molar-refractivity contribution in [1.29, 1.82) is 0 Å². The Balaban J connectivity index is 2.32. The second-order valence-electron chi connectivity index (χ2n) is 4.98. The maximum absolute atomic E-state index is 12.0. The van der Waals surface area contributed by atoms with Crippen LogP contribution in [0.4, 0.5) is 13.2 Å². The van der Waals surface area contributed by atoms with E-state index in [9.17, 15) is 13.2 Å². The summed E-state index contributed by atoms with van der Waals surface area (Å²) in [5, 5.41) is 3.32. The van der Waals surface area contributed by atoms with Crippen LogP contribution in [-0.2, 0) is 4.74 Å². The van der Waals surface area contributed by atoms with Gasteiger partial charge in [-0.1, -0.05) is 20.8 Å². The van der Waals surface area contributed by atoms with Crippen LogP contribution in [0.15, 0.2) is 0 Å². The van der Waals surface area contributed by atoms with Gasteiger partial charge in [-0.25, -0.2) is 0 Å². The average Bonchev–Trinajstić information content (AvgIpc) is 2.13. The van der Waals surface area contributed by atoms with E-state index in [1.165, 1.54) is 0 Å². The Morgan fingerprint density at radius 1 is 1.38 bits per heavy atom. The molecule has 0 amide bonds. The number of rotatable bonds is 5. The first kappa shape index (κ1) is 13.8. The molecular weight excluding hydrogens is 219 g/mol. The molecule has 0 aromatic heterocycles. The summed E-state index contributed by atoms with van der Waals surface area (Å²) < 4.78 is 40.9. The van der Waals surface area contributed by atoms with Crippen molar-refractivity contribution < 1.29 is 17.9 Å². The molecule has 2 atom stereocenters. The summed E-state index contributed by atoms with van der Waals surface area (Å²) in [5.41, 5.74) is -0.208. The van der Waals surface area contributed by atoms with Gasteiger partial charge in [-0.3, -0.25) is 0 Å². The summed E-state index contributed by atoms with van der Waals surface area (Å²) >= 11 is 0.